The molecule has 3 N–H and O–H groups in total. The molecule has 126 valence electrons. The fourth-order valence-electron chi connectivity index (χ4n) is 2.10. The summed E-state index contributed by atoms with van der Waals surface area (Å²) in [4.78, 5) is 12.0. The minimum absolute atomic E-state index is 0. The Morgan fingerprint density at radius 3 is 2.59 bits per heavy atom. The van der Waals surface area contributed by atoms with Crippen LogP contribution in [0.25, 0.3) is 0 Å². The number of methoxy groups -OCH3 is 1. The molecule has 0 fully saturated rings. The highest BCUT2D eigenvalue weighted by molar-refractivity contribution is 5.85. The van der Waals surface area contributed by atoms with Crippen molar-refractivity contribution in [3.8, 4) is 0 Å². The van der Waals surface area contributed by atoms with Gasteiger partial charge in [-0.2, -0.15) is 0 Å². The second-order valence-electron chi connectivity index (χ2n) is 4.87. The molecule has 1 rings (SSSR count). The van der Waals surface area contributed by atoms with Crippen LogP contribution in [0.15, 0.2) is 18.2 Å². The van der Waals surface area contributed by atoms with Gasteiger partial charge in [-0.15, -0.1) is 12.4 Å². The van der Waals surface area contributed by atoms with E-state index in [-0.39, 0.29) is 42.9 Å². The molecule has 1 aromatic rings. The Labute approximate surface area is 135 Å². The summed E-state index contributed by atoms with van der Waals surface area (Å²) in [6.07, 6.45) is 1.06. The number of hydrogen-bond acceptors (Lipinski definition) is 3. The molecule has 7 heteroatoms. The first-order chi connectivity index (χ1) is 10.0. The van der Waals surface area contributed by atoms with Crippen LogP contribution in [0.4, 0.5) is 8.78 Å². The zero-order valence-electron chi connectivity index (χ0n) is 12.8. The molecule has 0 aliphatic heterocycles. The van der Waals surface area contributed by atoms with Crippen molar-refractivity contribution in [3.05, 3.63) is 35.4 Å². The Kier molecular flexibility index (Phi) is 9.89. The molecule has 0 aliphatic carbocycles. The van der Waals surface area contributed by atoms with E-state index in [2.05, 4.69) is 5.32 Å². The van der Waals surface area contributed by atoms with Crippen molar-refractivity contribution in [1.29, 1.82) is 0 Å². The van der Waals surface area contributed by atoms with E-state index < -0.39 is 17.7 Å². The molecule has 0 saturated carbocycles. The molecular formula is C15H23ClF2N2O2. The van der Waals surface area contributed by atoms with Crippen LogP contribution in [-0.2, 0) is 9.53 Å². The summed E-state index contributed by atoms with van der Waals surface area (Å²) in [5.74, 6) is -1.56. The van der Waals surface area contributed by atoms with Gasteiger partial charge in [0.2, 0.25) is 5.91 Å². The van der Waals surface area contributed by atoms with Crippen LogP contribution >= 0.6 is 12.4 Å². The lowest BCUT2D eigenvalue weighted by Gasteiger charge is -2.21. The van der Waals surface area contributed by atoms with Crippen LogP contribution in [0, 0.1) is 11.6 Å². The van der Waals surface area contributed by atoms with Crippen molar-refractivity contribution in [2.24, 2.45) is 5.73 Å². The fourth-order valence-corrected chi connectivity index (χ4v) is 2.10. The number of ether oxygens (including phenoxy) is 1. The third-order valence-electron chi connectivity index (χ3n) is 3.26. The van der Waals surface area contributed by atoms with Gasteiger partial charge in [-0.25, -0.2) is 8.78 Å². The van der Waals surface area contributed by atoms with Gasteiger partial charge in [0.05, 0.1) is 18.6 Å². The van der Waals surface area contributed by atoms with Crippen molar-refractivity contribution in [3.63, 3.8) is 0 Å². The van der Waals surface area contributed by atoms with Crippen molar-refractivity contribution < 1.29 is 18.3 Å². The van der Waals surface area contributed by atoms with Gasteiger partial charge in [0.15, 0.2) is 0 Å². The second-order valence-corrected chi connectivity index (χ2v) is 4.87. The zero-order chi connectivity index (χ0) is 15.8. The average molecular weight is 337 g/mol. The quantitative estimate of drug-likeness (QED) is 0.767. The molecule has 1 aromatic carbocycles. The summed E-state index contributed by atoms with van der Waals surface area (Å²) in [6, 6.07) is 2.88. The number of nitrogens with one attached hydrogen (secondary N) is 1. The average Bonchev–Trinajstić information content (AvgIpc) is 2.44. The van der Waals surface area contributed by atoms with E-state index in [0.717, 1.165) is 12.5 Å². The van der Waals surface area contributed by atoms with E-state index in [1.54, 1.807) is 0 Å². The summed E-state index contributed by atoms with van der Waals surface area (Å²) < 4.78 is 31.8. The predicted molar refractivity (Wildman–Crippen MR) is 83.9 cm³/mol. The minimum atomic E-state index is -0.657. The van der Waals surface area contributed by atoms with Crippen LogP contribution in [0.3, 0.4) is 0 Å². The molecule has 0 aliphatic rings. The first kappa shape index (κ1) is 20.8. The lowest BCUT2D eigenvalue weighted by molar-refractivity contribution is -0.124. The molecule has 0 spiro atoms. The number of benzene rings is 1. The summed E-state index contributed by atoms with van der Waals surface area (Å²) in [7, 11) is 1.48. The zero-order valence-corrected chi connectivity index (χ0v) is 13.6. The Morgan fingerprint density at radius 1 is 1.41 bits per heavy atom. The molecule has 2 unspecified atom stereocenters. The molecule has 0 bridgehead atoms. The van der Waals surface area contributed by atoms with Crippen LogP contribution in [0.5, 0.6) is 0 Å². The lowest BCUT2D eigenvalue weighted by atomic mass is 10.0. The number of amides is 1. The van der Waals surface area contributed by atoms with E-state index in [1.165, 1.54) is 19.2 Å². The van der Waals surface area contributed by atoms with Crippen LogP contribution in [0.1, 0.15) is 37.8 Å². The van der Waals surface area contributed by atoms with Crippen molar-refractivity contribution in [2.45, 2.75) is 38.3 Å². The molecule has 2 atom stereocenters. The molecule has 1 amide bonds. The monoisotopic (exact) mass is 336 g/mol. The number of carbonyl (C=O) groups excluding carboxylic acids is 1. The Balaban J connectivity index is 0.00000441. The Hall–Kier alpha value is -1.24. The maximum Gasteiger partial charge on any atom is 0.223 e. The number of hydrogen-bond donors (Lipinski definition) is 2. The first-order valence-electron chi connectivity index (χ1n) is 6.99. The fraction of sp³-hybridized carbons (Fsp3) is 0.533. The number of nitrogens with two attached hydrogens (primary N) is 1. The second kappa shape index (κ2) is 10.5. The molecular weight excluding hydrogens is 314 g/mol. The molecule has 0 saturated heterocycles. The summed E-state index contributed by atoms with van der Waals surface area (Å²) in [5, 5.41) is 2.76. The standard InChI is InChI=1S/C15H22F2N2O2.ClH/c1-3-4-14(12-6-5-10(16)7-13(12)17)19-15(20)8-11(9-18)21-2;/h5-7,11,14H,3-4,8-9,18H2,1-2H3,(H,19,20);1H. The van der Waals surface area contributed by atoms with Gasteiger partial charge in [-0.3, -0.25) is 4.79 Å². The van der Waals surface area contributed by atoms with E-state index in [4.69, 9.17) is 10.5 Å². The van der Waals surface area contributed by atoms with Gasteiger partial charge in [-0.1, -0.05) is 19.4 Å². The highest BCUT2D eigenvalue weighted by Crippen LogP contribution is 2.22. The third kappa shape index (κ3) is 6.25. The Bertz CT molecular complexity index is 471. The van der Waals surface area contributed by atoms with Gasteiger partial charge >= 0.3 is 0 Å². The lowest BCUT2D eigenvalue weighted by Crippen LogP contribution is -2.34. The molecule has 22 heavy (non-hydrogen) atoms. The van der Waals surface area contributed by atoms with Crippen molar-refractivity contribution in [1.82, 2.24) is 5.32 Å². The summed E-state index contributed by atoms with van der Waals surface area (Å²) in [6.45, 7) is 2.16. The third-order valence-corrected chi connectivity index (χ3v) is 3.26. The maximum atomic E-state index is 13.8. The maximum absolute atomic E-state index is 13.8. The van der Waals surface area contributed by atoms with Crippen LogP contribution in [0.2, 0.25) is 0 Å². The first-order valence-corrected chi connectivity index (χ1v) is 6.99. The van der Waals surface area contributed by atoms with E-state index >= 15 is 0 Å². The highest BCUT2D eigenvalue weighted by atomic mass is 35.5. The minimum Gasteiger partial charge on any atom is -0.380 e. The molecule has 0 heterocycles. The van der Waals surface area contributed by atoms with E-state index in [1.807, 2.05) is 6.92 Å². The number of carbonyl (C=O) groups is 1. The molecule has 0 aromatic heterocycles. The number of rotatable bonds is 8. The SMILES string of the molecule is CCCC(NC(=O)CC(CN)OC)c1ccc(F)cc1F.Cl. The van der Waals surface area contributed by atoms with Crippen molar-refractivity contribution >= 4 is 18.3 Å². The predicted octanol–water partition coefficient (Wildman–Crippen LogP) is 2.71. The highest BCUT2D eigenvalue weighted by Gasteiger charge is 2.19. The van der Waals surface area contributed by atoms with E-state index in [9.17, 15) is 13.6 Å². The van der Waals surface area contributed by atoms with E-state index in [0.29, 0.717) is 6.42 Å². The molecule has 0 radical (unpaired) electrons. The normalized spacial score (nSPS) is 13.1. The summed E-state index contributed by atoms with van der Waals surface area (Å²) >= 11 is 0. The van der Waals surface area contributed by atoms with Crippen LogP contribution < -0.4 is 11.1 Å². The van der Waals surface area contributed by atoms with Gasteiger partial charge in [-0.05, 0) is 12.5 Å². The topological polar surface area (TPSA) is 64.4 Å². The number of halogens is 3. The molecule has 4 nitrogen and oxygen atoms in total. The van der Waals surface area contributed by atoms with Gasteiger partial charge in [0, 0.05) is 25.3 Å². The van der Waals surface area contributed by atoms with Gasteiger partial charge < -0.3 is 15.8 Å². The van der Waals surface area contributed by atoms with Gasteiger partial charge in [0.25, 0.3) is 0 Å². The largest absolute Gasteiger partial charge is 0.380 e. The smallest absolute Gasteiger partial charge is 0.223 e. The van der Waals surface area contributed by atoms with Gasteiger partial charge in [0.1, 0.15) is 11.6 Å². The van der Waals surface area contributed by atoms with Crippen molar-refractivity contribution in [2.75, 3.05) is 13.7 Å². The van der Waals surface area contributed by atoms with Crippen LogP contribution in [-0.4, -0.2) is 25.7 Å². The summed E-state index contributed by atoms with van der Waals surface area (Å²) in [5.41, 5.74) is 5.75. The Morgan fingerprint density at radius 2 is 2.09 bits per heavy atom.